The summed E-state index contributed by atoms with van der Waals surface area (Å²) in [6, 6.07) is 17.1. The maximum atomic E-state index is 4.96. The highest BCUT2D eigenvalue weighted by atomic mass is 15.2. The second-order valence-corrected chi connectivity index (χ2v) is 8.16. The van der Waals surface area contributed by atoms with Crippen molar-refractivity contribution in [3.05, 3.63) is 59.7 Å². The molecule has 1 aromatic heterocycles. The Hall–Kier alpha value is -2.66. The first-order chi connectivity index (χ1) is 14.4. The zero-order chi connectivity index (χ0) is 19.5. The van der Waals surface area contributed by atoms with Crippen LogP contribution in [0.4, 0.5) is 11.8 Å². The van der Waals surface area contributed by atoms with Gasteiger partial charge in [0.25, 0.3) is 0 Å². The number of aromatic nitrogens is 2. The van der Waals surface area contributed by atoms with Crippen LogP contribution in [0.3, 0.4) is 0 Å². The largest absolute Gasteiger partial charge is 0.354 e. The van der Waals surface area contributed by atoms with Gasteiger partial charge in [-0.2, -0.15) is 4.98 Å². The van der Waals surface area contributed by atoms with Crippen LogP contribution in [0.2, 0.25) is 0 Å². The number of rotatable bonds is 6. The van der Waals surface area contributed by atoms with Crippen LogP contribution in [0.1, 0.15) is 30.4 Å². The number of anilines is 2. The summed E-state index contributed by atoms with van der Waals surface area (Å²) < 4.78 is 0. The molecule has 150 valence electrons. The van der Waals surface area contributed by atoms with Gasteiger partial charge in [-0.1, -0.05) is 36.4 Å². The molecule has 5 nitrogen and oxygen atoms in total. The van der Waals surface area contributed by atoms with Crippen LogP contribution in [0.25, 0.3) is 10.9 Å². The van der Waals surface area contributed by atoms with Gasteiger partial charge < -0.3 is 15.1 Å². The molecule has 2 aromatic carbocycles. The lowest BCUT2D eigenvalue weighted by Gasteiger charge is -2.30. The lowest BCUT2D eigenvalue weighted by atomic mass is 10.00. The standard InChI is InChI=1S/C24H29N5/c1-2-9-20-18-29(17-12-19(20)8-1)23-21-10-3-4-11-22(21)26-24(27-23)25-13-7-16-28-14-5-6-15-28/h1-4,8-11H,5-7,12-18H2,(H,25,26,27). The van der Waals surface area contributed by atoms with Crippen molar-refractivity contribution < 1.29 is 0 Å². The van der Waals surface area contributed by atoms with Gasteiger partial charge >= 0.3 is 0 Å². The van der Waals surface area contributed by atoms with Crippen LogP contribution in [0, 0.1) is 0 Å². The first-order valence-corrected chi connectivity index (χ1v) is 10.9. The molecule has 3 aromatic rings. The first kappa shape index (κ1) is 18.4. The normalized spacial score (nSPS) is 16.9. The van der Waals surface area contributed by atoms with Gasteiger partial charge in [0.05, 0.1) is 5.52 Å². The first-order valence-electron chi connectivity index (χ1n) is 10.9. The van der Waals surface area contributed by atoms with Crippen molar-refractivity contribution >= 4 is 22.7 Å². The van der Waals surface area contributed by atoms with Gasteiger partial charge in [0.15, 0.2) is 0 Å². The molecule has 1 saturated heterocycles. The second-order valence-electron chi connectivity index (χ2n) is 8.16. The van der Waals surface area contributed by atoms with E-state index >= 15 is 0 Å². The average Bonchev–Trinajstić information content (AvgIpc) is 3.29. The van der Waals surface area contributed by atoms with E-state index in [0.717, 1.165) is 61.7 Å². The number of para-hydroxylation sites is 1. The van der Waals surface area contributed by atoms with Gasteiger partial charge in [0.1, 0.15) is 5.82 Å². The van der Waals surface area contributed by atoms with E-state index in [4.69, 9.17) is 9.97 Å². The van der Waals surface area contributed by atoms with E-state index in [2.05, 4.69) is 63.6 Å². The number of nitrogens with zero attached hydrogens (tertiary/aromatic N) is 4. The molecule has 0 radical (unpaired) electrons. The molecule has 0 atom stereocenters. The lowest BCUT2D eigenvalue weighted by Crippen LogP contribution is -2.31. The molecule has 0 unspecified atom stereocenters. The van der Waals surface area contributed by atoms with Gasteiger partial charge in [0.2, 0.25) is 5.95 Å². The Morgan fingerprint density at radius 1 is 0.862 bits per heavy atom. The van der Waals surface area contributed by atoms with Crippen LogP contribution in [-0.4, -0.2) is 47.6 Å². The minimum absolute atomic E-state index is 0.749. The SMILES string of the molecule is c1ccc2c(c1)CCN(c1nc(NCCCN3CCCC3)nc3ccccc13)C2. The molecule has 0 saturated carbocycles. The molecule has 0 aliphatic carbocycles. The number of nitrogens with one attached hydrogen (secondary N) is 1. The van der Waals surface area contributed by atoms with Crippen LogP contribution in [0.15, 0.2) is 48.5 Å². The third-order valence-electron chi connectivity index (χ3n) is 6.15. The Labute approximate surface area is 172 Å². The fourth-order valence-corrected chi connectivity index (χ4v) is 4.57. The summed E-state index contributed by atoms with van der Waals surface area (Å²) in [5, 5.41) is 4.62. The van der Waals surface area contributed by atoms with Crippen molar-refractivity contribution in [1.82, 2.24) is 14.9 Å². The topological polar surface area (TPSA) is 44.3 Å². The van der Waals surface area contributed by atoms with E-state index in [9.17, 15) is 0 Å². The van der Waals surface area contributed by atoms with Crippen LogP contribution >= 0.6 is 0 Å². The van der Waals surface area contributed by atoms with Crippen LogP contribution < -0.4 is 10.2 Å². The van der Waals surface area contributed by atoms with Crippen LogP contribution in [0.5, 0.6) is 0 Å². The predicted octanol–water partition coefficient (Wildman–Crippen LogP) is 4.09. The third kappa shape index (κ3) is 4.06. The van der Waals surface area contributed by atoms with Crippen molar-refractivity contribution in [3.8, 4) is 0 Å². The van der Waals surface area contributed by atoms with Crippen molar-refractivity contribution in [1.29, 1.82) is 0 Å². The highest BCUT2D eigenvalue weighted by Crippen LogP contribution is 2.29. The van der Waals surface area contributed by atoms with Crippen molar-refractivity contribution in [2.45, 2.75) is 32.2 Å². The molecule has 5 heteroatoms. The number of hydrogen-bond acceptors (Lipinski definition) is 5. The Bertz CT molecular complexity index is 980. The molecule has 1 fully saturated rings. The molecule has 3 heterocycles. The minimum Gasteiger partial charge on any atom is -0.354 e. The summed E-state index contributed by atoms with van der Waals surface area (Å²) in [4.78, 5) is 14.7. The lowest BCUT2D eigenvalue weighted by molar-refractivity contribution is 0.337. The Kier molecular flexibility index (Phi) is 5.31. The maximum Gasteiger partial charge on any atom is 0.225 e. The van der Waals surface area contributed by atoms with E-state index < -0.39 is 0 Å². The average molecular weight is 388 g/mol. The number of hydrogen-bond donors (Lipinski definition) is 1. The quantitative estimate of drug-likeness (QED) is 0.646. The molecular weight excluding hydrogens is 358 g/mol. The fourth-order valence-electron chi connectivity index (χ4n) is 4.57. The predicted molar refractivity (Wildman–Crippen MR) is 120 cm³/mol. The molecule has 2 aliphatic heterocycles. The van der Waals surface area contributed by atoms with E-state index in [0.29, 0.717) is 0 Å². The maximum absolute atomic E-state index is 4.96. The summed E-state index contributed by atoms with van der Waals surface area (Å²) in [6.07, 6.45) is 4.89. The van der Waals surface area contributed by atoms with E-state index in [-0.39, 0.29) is 0 Å². The monoisotopic (exact) mass is 387 g/mol. The highest BCUT2D eigenvalue weighted by Gasteiger charge is 2.20. The Morgan fingerprint density at radius 3 is 2.55 bits per heavy atom. The fraction of sp³-hybridized carbons (Fsp3) is 0.417. The van der Waals surface area contributed by atoms with Gasteiger partial charge in [0, 0.05) is 25.0 Å². The molecule has 0 bridgehead atoms. The van der Waals surface area contributed by atoms with Crippen molar-refractivity contribution in [2.24, 2.45) is 0 Å². The van der Waals surface area contributed by atoms with E-state index in [1.54, 1.807) is 0 Å². The molecular formula is C24H29N5. The van der Waals surface area contributed by atoms with Gasteiger partial charge in [-0.25, -0.2) is 4.98 Å². The summed E-state index contributed by atoms with van der Waals surface area (Å²) in [5.74, 6) is 1.80. The number of fused-ring (bicyclic) bond motifs is 2. The minimum atomic E-state index is 0.749. The zero-order valence-corrected chi connectivity index (χ0v) is 17.0. The molecule has 0 amide bonds. The summed E-state index contributed by atoms with van der Waals surface area (Å²) in [6.45, 7) is 6.49. The van der Waals surface area contributed by atoms with E-state index in [1.165, 1.54) is 37.1 Å². The molecule has 0 spiro atoms. The molecule has 29 heavy (non-hydrogen) atoms. The zero-order valence-electron chi connectivity index (χ0n) is 17.0. The highest BCUT2D eigenvalue weighted by molar-refractivity contribution is 5.90. The summed E-state index contributed by atoms with van der Waals surface area (Å²) >= 11 is 0. The molecule has 2 aliphatic rings. The number of likely N-dealkylation sites (tertiary alicyclic amines) is 1. The van der Waals surface area contributed by atoms with Gasteiger partial charge in [-0.15, -0.1) is 0 Å². The van der Waals surface area contributed by atoms with Gasteiger partial charge in [-0.3, -0.25) is 0 Å². The Balaban J connectivity index is 1.35. The van der Waals surface area contributed by atoms with E-state index in [1.807, 2.05) is 0 Å². The van der Waals surface area contributed by atoms with Crippen molar-refractivity contribution in [3.63, 3.8) is 0 Å². The Morgan fingerprint density at radius 2 is 1.66 bits per heavy atom. The van der Waals surface area contributed by atoms with Crippen molar-refractivity contribution in [2.75, 3.05) is 42.9 Å². The van der Waals surface area contributed by atoms with Gasteiger partial charge in [-0.05, 0) is 68.6 Å². The second kappa shape index (κ2) is 8.37. The summed E-state index contributed by atoms with van der Waals surface area (Å²) in [7, 11) is 0. The van der Waals surface area contributed by atoms with Crippen LogP contribution in [-0.2, 0) is 13.0 Å². The molecule has 1 N–H and O–H groups in total. The third-order valence-corrected chi connectivity index (χ3v) is 6.15. The smallest absolute Gasteiger partial charge is 0.225 e. The summed E-state index contributed by atoms with van der Waals surface area (Å²) in [5.41, 5.74) is 3.88. The number of benzene rings is 2. The molecule has 5 rings (SSSR count).